The van der Waals surface area contributed by atoms with Gasteiger partial charge >= 0.3 is 0 Å². The summed E-state index contributed by atoms with van der Waals surface area (Å²) in [5.41, 5.74) is 6.72. The zero-order chi connectivity index (χ0) is 15.2. The largest absolute Gasteiger partial charge is 0.497 e. The summed E-state index contributed by atoms with van der Waals surface area (Å²) in [5.74, 6) is 0.660. The molecule has 0 aromatic heterocycles. The summed E-state index contributed by atoms with van der Waals surface area (Å²) in [4.78, 5) is 11.9. The molecule has 116 valence electrons. The van der Waals surface area contributed by atoms with Crippen LogP contribution in [0.5, 0.6) is 5.75 Å². The number of nitrogen functional groups attached to an aromatic ring is 1. The second-order valence-electron chi connectivity index (χ2n) is 4.89. The highest BCUT2D eigenvalue weighted by molar-refractivity contribution is 7.85. The van der Waals surface area contributed by atoms with Crippen molar-refractivity contribution in [3.8, 4) is 5.75 Å². The molecule has 1 aliphatic rings. The fraction of sp³-hybridized carbons (Fsp3) is 0.500. The van der Waals surface area contributed by atoms with Crippen LogP contribution in [0.3, 0.4) is 0 Å². The van der Waals surface area contributed by atoms with E-state index < -0.39 is 10.8 Å². The Kier molecular flexibility index (Phi) is 5.58. The number of amides is 1. The Labute approximate surface area is 126 Å². The van der Waals surface area contributed by atoms with Crippen molar-refractivity contribution in [2.24, 2.45) is 0 Å². The van der Waals surface area contributed by atoms with Gasteiger partial charge in [0, 0.05) is 23.5 Å². The molecule has 2 atom stereocenters. The first-order valence-corrected chi connectivity index (χ1v) is 8.27. The minimum Gasteiger partial charge on any atom is -0.497 e. The number of methoxy groups -OCH3 is 1. The van der Waals surface area contributed by atoms with Gasteiger partial charge in [-0.1, -0.05) is 0 Å². The summed E-state index contributed by atoms with van der Waals surface area (Å²) >= 11 is 0. The third kappa shape index (κ3) is 4.71. The van der Waals surface area contributed by atoms with Gasteiger partial charge in [-0.25, -0.2) is 0 Å². The molecule has 1 aromatic carbocycles. The van der Waals surface area contributed by atoms with E-state index in [1.54, 1.807) is 25.3 Å². The highest BCUT2D eigenvalue weighted by atomic mass is 32.2. The zero-order valence-corrected chi connectivity index (χ0v) is 12.8. The number of nitrogens with one attached hydrogen (secondary N) is 1. The molecule has 6 nitrogen and oxygen atoms in total. The van der Waals surface area contributed by atoms with E-state index in [-0.39, 0.29) is 17.8 Å². The SMILES string of the molecule is COc1ccc(NC(=O)CS(=O)CC2CCCO2)c(N)c1. The topological polar surface area (TPSA) is 90.6 Å². The Hall–Kier alpha value is -1.60. The molecular weight excluding hydrogens is 292 g/mol. The van der Waals surface area contributed by atoms with Gasteiger partial charge in [-0.2, -0.15) is 0 Å². The van der Waals surface area contributed by atoms with Gasteiger partial charge in [-0.3, -0.25) is 9.00 Å². The summed E-state index contributed by atoms with van der Waals surface area (Å²) in [5, 5.41) is 2.66. The van der Waals surface area contributed by atoms with E-state index in [9.17, 15) is 9.00 Å². The molecule has 1 aliphatic heterocycles. The fourth-order valence-corrected chi connectivity index (χ4v) is 3.32. The monoisotopic (exact) mass is 312 g/mol. The van der Waals surface area contributed by atoms with E-state index >= 15 is 0 Å². The maximum Gasteiger partial charge on any atom is 0.237 e. The number of carbonyl (C=O) groups is 1. The smallest absolute Gasteiger partial charge is 0.237 e. The van der Waals surface area contributed by atoms with Gasteiger partial charge in [0.05, 0.1) is 30.3 Å². The van der Waals surface area contributed by atoms with Crippen molar-refractivity contribution in [1.82, 2.24) is 0 Å². The van der Waals surface area contributed by atoms with Gasteiger partial charge in [0.15, 0.2) is 0 Å². The van der Waals surface area contributed by atoms with Crippen LogP contribution in [0.15, 0.2) is 18.2 Å². The van der Waals surface area contributed by atoms with Gasteiger partial charge in [0.25, 0.3) is 0 Å². The van der Waals surface area contributed by atoms with Crippen molar-refractivity contribution in [3.05, 3.63) is 18.2 Å². The minimum absolute atomic E-state index is 0.0182. The summed E-state index contributed by atoms with van der Waals surface area (Å²) in [6.45, 7) is 0.719. The summed E-state index contributed by atoms with van der Waals surface area (Å²) in [6, 6.07) is 4.99. The van der Waals surface area contributed by atoms with Crippen LogP contribution >= 0.6 is 0 Å². The van der Waals surface area contributed by atoms with E-state index in [1.165, 1.54) is 0 Å². The summed E-state index contributed by atoms with van der Waals surface area (Å²) in [7, 11) is 0.314. The quantitative estimate of drug-likeness (QED) is 0.769. The maximum absolute atomic E-state index is 11.9. The highest BCUT2D eigenvalue weighted by Crippen LogP contribution is 2.24. The van der Waals surface area contributed by atoms with Crippen molar-refractivity contribution >= 4 is 28.1 Å². The lowest BCUT2D eigenvalue weighted by atomic mass is 10.2. The Balaban J connectivity index is 1.84. The van der Waals surface area contributed by atoms with E-state index in [0.29, 0.717) is 22.9 Å². The van der Waals surface area contributed by atoms with Crippen molar-refractivity contribution in [2.45, 2.75) is 18.9 Å². The molecule has 1 amide bonds. The Bertz CT molecular complexity index is 530. The summed E-state index contributed by atoms with van der Waals surface area (Å²) < 4.78 is 22.4. The number of hydrogen-bond acceptors (Lipinski definition) is 5. The van der Waals surface area contributed by atoms with E-state index in [2.05, 4.69) is 5.32 Å². The molecule has 1 aromatic rings. The lowest BCUT2D eigenvalue weighted by Gasteiger charge is -2.11. The molecule has 0 spiro atoms. The molecule has 0 bridgehead atoms. The molecule has 2 rings (SSSR count). The molecule has 21 heavy (non-hydrogen) atoms. The predicted octanol–water partition coefficient (Wildman–Crippen LogP) is 1.14. The molecule has 0 saturated carbocycles. The standard InChI is InChI=1S/C14H20N2O4S/c1-19-10-4-5-13(12(15)7-10)16-14(17)9-21(18)8-11-3-2-6-20-11/h4-5,7,11H,2-3,6,8-9,15H2,1H3,(H,16,17). The highest BCUT2D eigenvalue weighted by Gasteiger charge is 2.20. The van der Waals surface area contributed by atoms with Crippen molar-refractivity contribution in [1.29, 1.82) is 0 Å². The van der Waals surface area contributed by atoms with Crippen LogP contribution in [0, 0.1) is 0 Å². The van der Waals surface area contributed by atoms with Gasteiger partial charge < -0.3 is 20.5 Å². The lowest BCUT2D eigenvalue weighted by Crippen LogP contribution is -2.25. The number of benzene rings is 1. The van der Waals surface area contributed by atoms with Crippen LogP contribution in [0.4, 0.5) is 11.4 Å². The van der Waals surface area contributed by atoms with Crippen LogP contribution in [0.1, 0.15) is 12.8 Å². The lowest BCUT2D eigenvalue weighted by molar-refractivity contribution is -0.113. The number of nitrogens with two attached hydrogens (primary N) is 1. The van der Waals surface area contributed by atoms with Gasteiger partial charge in [0.2, 0.25) is 5.91 Å². The number of rotatable bonds is 6. The van der Waals surface area contributed by atoms with Crippen molar-refractivity contribution in [2.75, 3.05) is 36.3 Å². The molecule has 1 heterocycles. The van der Waals surface area contributed by atoms with Crippen LogP contribution < -0.4 is 15.8 Å². The third-order valence-electron chi connectivity index (χ3n) is 3.22. The molecule has 2 unspecified atom stereocenters. The number of carbonyl (C=O) groups excluding carboxylic acids is 1. The number of hydrogen-bond donors (Lipinski definition) is 2. The zero-order valence-electron chi connectivity index (χ0n) is 12.0. The average Bonchev–Trinajstić information content (AvgIpc) is 2.93. The second-order valence-corrected chi connectivity index (χ2v) is 6.39. The molecule has 0 aliphatic carbocycles. The van der Waals surface area contributed by atoms with E-state index in [0.717, 1.165) is 19.4 Å². The van der Waals surface area contributed by atoms with Crippen LogP contribution in [0.25, 0.3) is 0 Å². The van der Waals surface area contributed by atoms with Crippen molar-refractivity contribution < 1.29 is 18.5 Å². The van der Waals surface area contributed by atoms with Crippen LogP contribution in [-0.4, -0.2) is 41.4 Å². The Morgan fingerprint density at radius 1 is 1.57 bits per heavy atom. The van der Waals surface area contributed by atoms with Crippen LogP contribution in [0.2, 0.25) is 0 Å². The summed E-state index contributed by atoms with van der Waals surface area (Å²) in [6.07, 6.45) is 1.93. The molecule has 1 saturated heterocycles. The first-order valence-electron chi connectivity index (χ1n) is 6.78. The molecule has 1 fully saturated rings. The Morgan fingerprint density at radius 3 is 3.00 bits per heavy atom. The number of anilines is 2. The molecule has 7 heteroatoms. The van der Waals surface area contributed by atoms with Crippen LogP contribution in [-0.2, 0) is 20.3 Å². The third-order valence-corrected chi connectivity index (χ3v) is 4.55. The first kappa shape index (κ1) is 15.8. The molecular formula is C14H20N2O4S. The van der Waals surface area contributed by atoms with Gasteiger partial charge in [-0.15, -0.1) is 0 Å². The average molecular weight is 312 g/mol. The normalized spacial score (nSPS) is 19.2. The predicted molar refractivity (Wildman–Crippen MR) is 82.9 cm³/mol. The Morgan fingerprint density at radius 2 is 2.38 bits per heavy atom. The van der Waals surface area contributed by atoms with Gasteiger partial charge in [-0.05, 0) is 25.0 Å². The minimum atomic E-state index is -1.23. The van der Waals surface area contributed by atoms with Crippen molar-refractivity contribution in [3.63, 3.8) is 0 Å². The van der Waals surface area contributed by atoms with E-state index in [4.69, 9.17) is 15.2 Å². The fourth-order valence-electron chi connectivity index (χ4n) is 2.16. The maximum atomic E-state index is 11.9. The molecule has 3 N–H and O–H groups in total. The number of ether oxygens (including phenoxy) is 2. The first-order chi connectivity index (χ1) is 10.1. The van der Waals surface area contributed by atoms with E-state index in [1.807, 2.05) is 0 Å². The van der Waals surface area contributed by atoms with Gasteiger partial charge in [0.1, 0.15) is 11.5 Å². The molecule has 0 radical (unpaired) electrons. The second kappa shape index (κ2) is 7.42.